The van der Waals surface area contributed by atoms with Crippen LogP contribution < -0.4 is 5.32 Å². The molecule has 1 aromatic heterocycles. The quantitative estimate of drug-likeness (QED) is 0.449. The maximum atomic E-state index is 13.5. The largest absolute Gasteiger partial charge is 0.337 e. The number of aryl methyl sites for hydroxylation is 2. The van der Waals surface area contributed by atoms with E-state index in [0.717, 1.165) is 16.8 Å². The molecule has 0 atom stereocenters. The maximum Gasteiger partial charge on any atom is 0.244 e. The van der Waals surface area contributed by atoms with Crippen molar-refractivity contribution in [3.8, 4) is 0 Å². The van der Waals surface area contributed by atoms with Gasteiger partial charge in [0.2, 0.25) is 5.91 Å². The molecule has 0 bridgehead atoms. The van der Waals surface area contributed by atoms with Gasteiger partial charge < -0.3 is 9.88 Å². The summed E-state index contributed by atoms with van der Waals surface area (Å²) in [6.45, 7) is 3.82. The van der Waals surface area contributed by atoms with E-state index >= 15 is 0 Å². The fraction of sp³-hybridized carbons (Fsp3) is 0.160. The minimum absolute atomic E-state index is 0.0383. The van der Waals surface area contributed by atoms with Gasteiger partial charge in [0.25, 0.3) is 0 Å². The first-order valence-electron chi connectivity index (χ1n) is 10.1. The Bertz CT molecular complexity index is 1420. The molecular weight excluding hydrogens is 427 g/mol. The molecule has 4 aromatic rings. The van der Waals surface area contributed by atoms with Gasteiger partial charge in [-0.2, -0.15) is 0 Å². The number of rotatable bonds is 6. The van der Waals surface area contributed by atoms with Crippen LogP contribution in [0.2, 0.25) is 0 Å². The summed E-state index contributed by atoms with van der Waals surface area (Å²) in [6.07, 6.45) is 1.49. The van der Waals surface area contributed by atoms with E-state index in [-0.39, 0.29) is 23.1 Å². The number of para-hydroxylation sites is 1. The van der Waals surface area contributed by atoms with Gasteiger partial charge in [0.15, 0.2) is 9.84 Å². The molecule has 4 rings (SSSR count). The van der Waals surface area contributed by atoms with Crippen molar-refractivity contribution >= 4 is 32.3 Å². The Kier molecular flexibility index (Phi) is 5.84. The van der Waals surface area contributed by atoms with Crippen molar-refractivity contribution in [3.63, 3.8) is 0 Å². The summed E-state index contributed by atoms with van der Waals surface area (Å²) in [5.41, 5.74) is 3.71. The Morgan fingerprint density at radius 3 is 2.56 bits per heavy atom. The molecule has 1 heterocycles. The molecule has 1 amide bonds. The van der Waals surface area contributed by atoms with Crippen LogP contribution in [0.4, 0.5) is 10.1 Å². The first-order valence-corrected chi connectivity index (χ1v) is 11.8. The molecule has 164 valence electrons. The Morgan fingerprint density at radius 1 is 1.00 bits per heavy atom. The van der Waals surface area contributed by atoms with Gasteiger partial charge in [0, 0.05) is 22.8 Å². The molecule has 0 saturated carbocycles. The highest BCUT2D eigenvalue weighted by Gasteiger charge is 2.22. The van der Waals surface area contributed by atoms with Gasteiger partial charge in [-0.3, -0.25) is 4.79 Å². The Hall–Kier alpha value is -3.45. The van der Waals surface area contributed by atoms with Crippen LogP contribution in [0.1, 0.15) is 16.7 Å². The predicted octanol–water partition coefficient (Wildman–Crippen LogP) is 5.01. The van der Waals surface area contributed by atoms with Crippen molar-refractivity contribution in [3.05, 3.63) is 95.4 Å². The summed E-state index contributed by atoms with van der Waals surface area (Å²) >= 11 is 0. The Morgan fingerprint density at radius 2 is 1.78 bits per heavy atom. The molecule has 0 unspecified atom stereocenters. The fourth-order valence-electron chi connectivity index (χ4n) is 3.73. The first-order chi connectivity index (χ1) is 15.2. The Balaban J connectivity index is 1.65. The molecule has 0 aliphatic rings. The average Bonchev–Trinajstić information content (AvgIpc) is 3.10. The molecule has 7 heteroatoms. The lowest BCUT2D eigenvalue weighted by Gasteiger charge is -2.10. The van der Waals surface area contributed by atoms with Gasteiger partial charge in [0.05, 0.1) is 10.6 Å². The molecule has 0 radical (unpaired) electrons. The normalized spacial score (nSPS) is 11.6. The summed E-state index contributed by atoms with van der Waals surface area (Å²) < 4.78 is 41.5. The summed E-state index contributed by atoms with van der Waals surface area (Å²) in [6, 6.07) is 18.4. The second-order valence-electron chi connectivity index (χ2n) is 7.89. The van der Waals surface area contributed by atoms with E-state index in [9.17, 15) is 17.6 Å². The van der Waals surface area contributed by atoms with Crippen molar-refractivity contribution in [2.45, 2.75) is 31.0 Å². The van der Waals surface area contributed by atoms with Crippen LogP contribution in [-0.2, 0) is 26.9 Å². The number of amides is 1. The van der Waals surface area contributed by atoms with Crippen LogP contribution in [0.25, 0.3) is 10.9 Å². The minimum atomic E-state index is -3.76. The van der Waals surface area contributed by atoms with E-state index in [4.69, 9.17) is 0 Å². The van der Waals surface area contributed by atoms with Crippen LogP contribution in [0.3, 0.4) is 0 Å². The fourth-order valence-corrected chi connectivity index (χ4v) is 5.30. The number of nitrogens with one attached hydrogen (secondary N) is 1. The highest BCUT2D eigenvalue weighted by Crippen LogP contribution is 2.28. The zero-order valence-corrected chi connectivity index (χ0v) is 18.6. The molecule has 0 aliphatic heterocycles. The van der Waals surface area contributed by atoms with Gasteiger partial charge in [0.1, 0.15) is 12.4 Å². The monoisotopic (exact) mass is 450 g/mol. The second kappa shape index (κ2) is 8.59. The van der Waals surface area contributed by atoms with Crippen LogP contribution in [-0.4, -0.2) is 18.9 Å². The number of benzene rings is 3. The average molecular weight is 451 g/mol. The smallest absolute Gasteiger partial charge is 0.244 e. The third-order valence-corrected chi connectivity index (χ3v) is 7.02. The van der Waals surface area contributed by atoms with Crippen LogP contribution in [0, 0.1) is 19.7 Å². The second-order valence-corrected chi connectivity index (χ2v) is 9.85. The van der Waals surface area contributed by atoms with E-state index in [1.54, 1.807) is 34.9 Å². The molecule has 0 aliphatic carbocycles. The summed E-state index contributed by atoms with van der Waals surface area (Å²) in [5.74, 6) is -1.07. The number of halogens is 1. The first kappa shape index (κ1) is 21.8. The third kappa shape index (κ3) is 4.57. The number of anilines is 1. The molecule has 0 saturated heterocycles. The lowest BCUT2D eigenvalue weighted by atomic mass is 10.1. The zero-order valence-electron chi connectivity index (χ0n) is 17.8. The number of hydrogen-bond donors (Lipinski definition) is 1. The highest BCUT2D eigenvalue weighted by atomic mass is 32.2. The van der Waals surface area contributed by atoms with Crippen molar-refractivity contribution in [1.29, 1.82) is 0 Å². The number of hydrogen-bond acceptors (Lipinski definition) is 3. The Labute approximate surface area is 186 Å². The minimum Gasteiger partial charge on any atom is -0.337 e. The molecule has 32 heavy (non-hydrogen) atoms. The van der Waals surface area contributed by atoms with Crippen LogP contribution in [0.5, 0.6) is 0 Å². The molecule has 1 N–H and O–H groups in total. The molecule has 0 spiro atoms. The van der Waals surface area contributed by atoms with Crippen LogP contribution in [0.15, 0.2) is 77.8 Å². The van der Waals surface area contributed by atoms with Crippen molar-refractivity contribution in [2.75, 3.05) is 5.32 Å². The number of nitrogens with zero attached hydrogens (tertiary/aromatic N) is 1. The van der Waals surface area contributed by atoms with E-state index in [1.165, 1.54) is 24.4 Å². The lowest BCUT2D eigenvalue weighted by Crippen LogP contribution is -2.19. The predicted molar refractivity (Wildman–Crippen MR) is 124 cm³/mol. The van der Waals surface area contributed by atoms with E-state index in [0.29, 0.717) is 16.5 Å². The lowest BCUT2D eigenvalue weighted by molar-refractivity contribution is -0.116. The number of carbonyl (C=O) groups excluding carboxylic acids is 1. The number of fused-ring (bicyclic) bond motifs is 1. The summed E-state index contributed by atoms with van der Waals surface area (Å²) in [4.78, 5) is 12.9. The van der Waals surface area contributed by atoms with Crippen molar-refractivity contribution in [2.24, 2.45) is 0 Å². The van der Waals surface area contributed by atoms with E-state index in [2.05, 4.69) is 5.32 Å². The highest BCUT2D eigenvalue weighted by molar-refractivity contribution is 7.90. The third-order valence-electron chi connectivity index (χ3n) is 5.31. The summed E-state index contributed by atoms with van der Waals surface area (Å²) in [7, 11) is -3.76. The number of sulfone groups is 1. The van der Waals surface area contributed by atoms with E-state index in [1.807, 2.05) is 32.0 Å². The number of carbonyl (C=O) groups is 1. The van der Waals surface area contributed by atoms with Crippen LogP contribution >= 0.6 is 0 Å². The van der Waals surface area contributed by atoms with Crippen molar-refractivity contribution in [1.82, 2.24) is 4.57 Å². The molecule has 0 fully saturated rings. The van der Waals surface area contributed by atoms with Gasteiger partial charge in [-0.1, -0.05) is 42.5 Å². The number of aromatic nitrogens is 1. The van der Waals surface area contributed by atoms with Gasteiger partial charge in [-0.05, 0) is 54.8 Å². The molecular formula is C25H23FN2O3S. The summed E-state index contributed by atoms with van der Waals surface area (Å²) in [5, 5.41) is 3.44. The van der Waals surface area contributed by atoms with Crippen molar-refractivity contribution < 1.29 is 17.6 Å². The van der Waals surface area contributed by atoms with Gasteiger partial charge in [-0.15, -0.1) is 0 Å². The van der Waals surface area contributed by atoms with Gasteiger partial charge in [-0.25, -0.2) is 12.8 Å². The topological polar surface area (TPSA) is 68.2 Å². The maximum absolute atomic E-state index is 13.5. The standard InChI is InChI=1S/C25H23FN2O3S/c1-17-10-11-18(2)22(12-17)27-25(29)15-28-14-24(21-8-3-4-9-23(21)28)32(30,31)16-19-6-5-7-20(26)13-19/h3-14H,15-16H2,1-2H3,(H,27,29). The SMILES string of the molecule is Cc1ccc(C)c(NC(=O)Cn2cc(S(=O)(=O)Cc3cccc(F)c3)c3ccccc32)c1. The molecule has 5 nitrogen and oxygen atoms in total. The van der Waals surface area contributed by atoms with E-state index < -0.39 is 15.7 Å². The van der Waals surface area contributed by atoms with Gasteiger partial charge >= 0.3 is 0 Å². The molecule has 3 aromatic carbocycles. The zero-order chi connectivity index (χ0) is 22.9.